The number of methoxy groups -OCH3 is 1. The fourth-order valence-electron chi connectivity index (χ4n) is 1.00. The molecule has 16 heavy (non-hydrogen) atoms. The van der Waals surface area contributed by atoms with Crippen LogP contribution in [0.15, 0.2) is 11.9 Å². The molecule has 0 N–H and O–H groups in total. The fourth-order valence-corrected chi connectivity index (χ4v) is 2.87. The molecular weight excluding hydrogens is 231 g/mol. The van der Waals surface area contributed by atoms with Gasteiger partial charge in [0.25, 0.3) is 0 Å². The lowest BCUT2D eigenvalue weighted by Gasteiger charge is -2.16. The van der Waals surface area contributed by atoms with E-state index in [1.54, 1.807) is 0 Å². The molecule has 0 unspecified atom stereocenters. The SMILES string of the molecule is CCO[P+](/C=C/C(=O)OC)(OCC)OCC. The second-order valence-electron chi connectivity index (χ2n) is 2.63. The Labute approximate surface area is 97.3 Å². The summed E-state index contributed by atoms with van der Waals surface area (Å²) in [6.45, 7) is 6.91. The highest BCUT2D eigenvalue weighted by atomic mass is 31.2. The van der Waals surface area contributed by atoms with Crippen molar-refractivity contribution < 1.29 is 23.1 Å². The maximum atomic E-state index is 11.0. The van der Waals surface area contributed by atoms with Crippen LogP contribution in [0.5, 0.6) is 0 Å². The van der Waals surface area contributed by atoms with E-state index in [-0.39, 0.29) is 0 Å². The van der Waals surface area contributed by atoms with E-state index in [1.807, 2.05) is 20.8 Å². The van der Waals surface area contributed by atoms with Crippen LogP contribution in [0.25, 0.3) is 0 Å². The summed E-state index contributed by atoms with van der Waals surface area (Å²) in [5.41, 5.74) is 0. The minimum Gasteiger partial charge on any atom is -0.466 e. The van der Waals surface area contributed by atoms with Crippen molar-refractivity contribution in [2.24, 2.45) is 0 Å². The third-order valence-corrected chi connectivity index (χ3v) is 3.89. The van der Waals surface area contributed by atoms with Crippen LogP contribution in [0, 0.1) is 0 Å². The smallest absolute Gasteiger partial charge is 0.441 e. The Bertz CT molecular complexity index is 212. The largest absolute Gasteiger partial charge is 0.466 e. The maximum absolute atomic E-state index is 11.0. The van der Waals surface area contributed by atoms with Gasteiger partial charge in [0.05, 0.1) is 33.0 Å². The summed E-state index contributed by atoms with van der Waals surface area (Å²) in [6, 6.07) is 0. The van der Waals surface area contributed by atoms with Gasteiger partial charge < -0.3 is 4.74 Å². The molecule has 0 saturated heterocycles. The van der Waals surface area contributed by atoms with Gasteiger partial charge in [-0.3, -0.25) is 0 Å². The second kappa shape index (κ2) is 8.65. The molecule has 0 aromatic rings. The van der Waals surface area contributed by atoms with Crippen molar-refractivity contribution >= 4 is 13.9 Å². The van der Waals surface area contributed by atoms with E-state index in [0.29, 0.717) is 19.8 Å². The maximum Gasteiger partial charge on any atom is 0.441 e. The molecule has 0 aliphatic rings. The van der Waals surface area contributed by atoms with Crippen molar-refractivity contribution in [3.8, 4) is 0 Å². The molecule has 0 spiro atoms. The summed E-state index contributed by atoms with van der Waals surface area (Å²) >= 11 is 0. The lowest BCUT2D eigenvalue weighted by atomic mass is 10.7. The number of rotatable bonds is 8. The van der Waals surface area contributed by atoms with Gasteiger partial charge in [0.1, 0.15) is 0 Å². The van der Waals surface area contributed by atoms with Gasteiger partial charge in [0.2, 0.25) is 0 Å². The van der Waals surface area contributed by atoms with Crippen LogP contribution in [0.2, 0.25) is 0 Å². The van der Waals surface area contributed by atoms with Gasteiger partial charge in [-0.25, -0.2) is 4.79 Å². The van der Waals surface area contributed by atoms with Crippen LogP contribution in [-0.4, -0.2) is 32.9 Å². The monoisotopic (exact) mass is 251 g/mol. The highest BCUT2D eigenvalue weighted by Crippen LogP contribution is 2.63. The predicted molar refractivity (Wildman–Crippen MR) is 63.0 cm³/mol. The normalized spacial score (nSPS) is 12.0. The van der Waals surface area contributed by atoms with Crippen molar-refractivity contribution in [1.82, 2.24) is 0 Å². The first-order chi connectivity index (χ1) is 7.64. The van der Waals surface area contributed by atoms with Crippen LogP contribution >= 0.6 is 7.94 Å². The van der Waals surface area contributed by atoms with E-state index in [2.05, 4.69) is 4.74 Å². The van der Waals surface area contributed by atoms with Crippen molar-refractivity contribution in [3.63, 3.8) is 0 Å². The van der Waals surface area contributed by atoms with Gasteiger partial charge in [-0.2, -0.15) is 13.6 Å². The fraction of sp³-hybridized carbons (Fsp3) is 0.700. The zero-order valence-electron chi connectivity index (χ0n) is 10.3. The van der Waals surface area contributed by atoms with E-state index < -0.39 is 13.9 Å². The summed E-state index contributed by atoms with van der Waals surface area (Å²) in [5, 5.41) is 0. The molecule has 0 atom stereocenters. The van der Waals surface area contributed by atoms with Gasteiger partial charge in [0, 0.05) is 0 Å². The van der Waals surface area contributed by atoms with Crippen molar-refractivity contribution in [2.75, 3.05) is 26.9 Å². The standard InChI is InChI=1S/C10H20O5P/c1-5-13-16(14-6-2,15-7-3)9-8-10(11)12-4/h8-9H,5-7H2,1-4H3/q+1/b9-8+. The van der Waals surface area contributed by atoms with Crippen molar-refractivity contribution in [2.45, 2.75) is 20.8 Å². The van der Waals surface area contributed by atoms with Gasteiger partial charge in [-0.1, -0.05) is 0 Å². The average molecular weight is 251 g/mol. The summed E-state index contributed by atoms with van der Waals surface area (Å²) in [7, 11) is -1.23. The van der Waals surface area contributed by atoms with Crippen LogP contribution in [-0.2, 0) is 23.1 Å². The van der Waals surface area contributed by atoms with E-state index in [9.17, 15) is 4.79 Å². The Morgan fingerprint density at radius 2 is 1.50 bits per heavy atom. The molecule has 0 amide bonds. The summed E-state index contributed by atoms with van der Waals surface area (Å²) in [5.74, 6) is 1.07. The average Bonchev–Trinajstić information content (AvgIpc) is 2.27. The van der Waals surface area contributed by atoms with Crippen molar-refractivity contribution in [1.29, 1.82) is 0 Å². The molecular formula is C10H20O5P+. The minimum atomic E-state index is -2.54. The second-order valence-corrected chi connectivity index (χ2v) is 4.78. The molecule has 0 aromatic carbocycles. The van der Waals surface area contributed by atoms with Gasteiger partial charge >= 0.3 is 13.9 Å². The third-order valence-electron chi connectivity index (χ3n) is 1.52. The highest BCUT2D eigenvalue weighted by molar-refractivity contribution is 7.64. The first-order valence-electron chi connectivity index (χ1n) is 5.23. The Kier molecular flexibility index (Phi) is 8.39. The van der Waals surface area contributed by atoms with Crippen LogP contribution in [0.1, 0.15) is 20.8 Å². The number of carbonyl (C=O) groups excluding carboxylic acids is 1. The molecule has 0 rings (SSSR count). The van der Waals surface area contributed by atoms with E-state index in [1.165, 1.54) is 19.0 Å². The Morgan fingerprint density at radius 3 is 1.81 bits per heavy atom. The number of esters is 1. The molecule has 0 saturated carbocycles. The van der Waals surface area contributed by atoms with E-state index >= 15 is 0 Å². The van der Waals surface area contributed by atoms with E-state index in [0.717, 1.165) is 0 Å². The predicted octanol–water partition coefficient (Wildman–Crippen LogP) is 2.55. The van der Waals surface area contributed by atoms with Gasteiger partial charge in [-0.05, 0) is 20.8 Å². The van der Waals surface area contributed by atoms with Crippen LogP contribution in [0.4, 0.5) is 0 Å². The number of carbonyl (C=O) groups is 1. The van der Waals surface area contributed by atoms with Crippen LogP contribution in [0.3, 0.4) is 0 Å². The summed E-state index contributed by atoms with van der Waals surface area (Å²) in [6.07, 6.45) is 1.27. The first kappa shape index (κ1) is 15.5. The lowest BCUT2D eigenvalue weighted by Crippen LogP contribution is -2.06. The molecule has 0 aromatic heterocycles. The van der Waals surface area contributed by atoms with Crippen LogP contribution < -0.4 is 0 Å². The number of hydrogen-bond acceptors (Lipinski definition) is 5. The molecule has 0 aliphatic carbocycles. The number of ether oxygens (including phenoxy) is 1. The summed E-state index contributed by atoms with van der Waals surface area (Å²) < 4.78 is 20.9. The molecule has 0 heterocycles. The molecule has 0 fully saturated rings. The summed E-state index contributed by atoms with van der Waals surface area (Å²) in [4.78, 5) is 11.0. The molecule has 5 nitrogen and oxygen atoms in total. The Balaban J connectivity index is 4.70. The molecule has 94 valence electrons. The Morgan fingerprint density at radius 1 is 1.06 bits per heavy atom. The quantitative estimate of drug-likeness (QED) is 0.377. The molecule has 0 radical (unpaired) electrons. The van der Waals surface area contributed by atoms with Crippen molar-refractivity contribution in [3.05, 3.63) is 11.9 Å². The lowest BCUT2D eigenvalue weighted by molar-refractivity contribution is -0.134. The van der Waals surface area contributed by atoms with Gasteiger partial charge in [-0.15, -0.1) is 0 Å². The van der Waals surface area contributed by atoms with Gasteiger partial charge in [0.15, 0.2) is 5.82 Å². The minimum absolute atomic E-state index is 0.455. The first-order valence-corrected chi connectivity index (χ1v) is 6.84. The zero-order valence-corrected chi connectivity index (χ0v) is 11.2. The molecule has 6 heteroatoms. The Hall–Kier alpha value is -0.480. The topological polar surface area (TPSA) is 54.0 Å². The number of hydrogen-bond donors (Lipinski definition) is 0. The molecule has 0 bridgehead atoms. The van der Waals surface area contributed by atoms with E-state index in [4.69, 9.17) is 13.6 Å². The third kappa shape index (κ3) is 5.56. The zero-order chi connectivity index (χ0) is 12.4. The highest BCUT2D eigenvalue weighted by Gasteiger charge is 2.42. The molecule has 0 aliphatic heterocycles.